The first-order valence-corrected chi connectivity index (χ1v) is 14.3. The molecule has 0 atom stereocenters. The molecule has 1 fully saturated rings. The van der Waals surface area contributed by atoms with Crippen LogP contribution in [0.1, 0.15) is 79.6 Å². The lowest BCUT2D eigenvalue weighted by Crippen LogP contribution is -2.38. The third-order valence-corrected chi connectivity index (χ3v) is 7.38. The highest BCUT2D eigenvalue weighted by Gasteiger charge is 2.25. The summed E-state index contributed by atoms with van der Waals surface area (Å²) in [6.45, 7) is 8.42. The second-order valence-corrected chi connectivity index (χ2v) is 10.7. The number of carbonyl (C=O) groups is 2. The molecule has 39 heavy (non-hydrogen) atoms. The Morgan fingerprint density at radius 3 is 2.08 bits per heavy atom. The van der Waals surface area contributed by atoms with E-state index in [-0.39, 0.29) is 29.9 Å². The maximum atomic E-state index is 13.1. The predicted molar refractivity (Wildman–Crippen MR) is 155 cm³/mol. The van der Waals surface area contributed by atoms with Gasteiger partial charge in [-0.3, -0.25) is 9.59 Å². The van der Waals surface area contributed by atoms with Crippen molar-refractivity contribution in [1.29, 1.82) is 0 Å². The molecule has 0 amide bonds. The van der Waals surface area contributed by atoms with Gasteiger partial charge in [-0.05, 0) is 61.1 Å². The van der Waals surface area contributed by atoms with Gasteiger partial charge in [0.25, 0.3) is 0 Å². The molecule has 5 heteroatoms. The monoisotopic (exact) mass is 527 g/mol. The Balaban J connectivity index is 1.28. The van der Waals surface area contributed by atoms with E-state index < -0.39 is 0 Å². The van der Waals surface area contributed by atoms with Crippen LogP contribution in [0, 0.1) is 5.92 Å². The maximum Gasteiger partial charge on any atom is 0.313 e. The fourth-order valence-corrected chi connectivity index (χ4v) is 4.99. The van der Waals surface area contributed by atoms with Crippen LogP contribution in [0.5, 0.6) is 5.75 Å². The Hall–Kier alpha value is -3.28. The summed E-state index contributed by atoms with van der Waals surface area (Å²) in [5, 5.41) is 0. The average molecular weight is 528 g/mol. The molecule has 1 saturated heterocycles. The normalized spacial score (nSPS) is 14.6. The fourth-order valence-electron chi connectivity index (χ4n) is 4.99. The van der Waals surface area contributed by atoms with E-state index in [0.29, 0.717) is 17.7 Å². The number of ketones is 1. The molecule has 0 saturated carbocycles. The first-order valence-electron chi connectivity index (χ1n) is 14.3. The maximum absolute atomic E-state index is 13.1. The van der Waals surface area contributed by atoms with E-state index in [0.717, 1.165) is 50.9 Å². The highest BCUT2D eigenvalue weighted by molar-refractivity contribution is 5.99. The standard InChI is InChI=1S/C34H41NO4/c1-4-26-17-18-30(32(24-26)39-34(37)25(2)3)31(36)16-11-21-35-22-19-29(20-23-35)38-33(27-12-7-5-8-13-27)28-14-9-6-10-15-28/h5-10,12-15,17-18,24-25,29,33H,4,11,16,19-23H2,1-3H3. The summed E-state index contributed by atoms with van der Waals surface area (Å²) in [7, 11) is 0. The zero-order valence-electron chi connectivity index (χ0n) is 23.5. The Morgan fingerprint density at radius 1 is 0.897 bits per heavy atom. The van der Waals surface area contributed by atoms with Gasteiger partial charge in [0.2, 0.25) is 0 Å². The van der Waals surface area contributed by atoms with Gasteiger partial charge in [-0.25, -0.2) is 0 Å². The zero-order valence-corrected chi connectivity index (χ0v) is 23.5. The lowest BCUT2D eigenvalue weighted by Gasteiger charge is -2.34. The molecule has 0 aromatic heterocycles. The molecule has 1 aliphatic rings. The van der Waals surface area contributed by atoms with Gasteiger partial charge < -0.3 is 14.4 Å². The van der Waals surface area contributed by atoms with Crippen molar-refractivity contribution in [3.05, 3.63) is 101 Å². The minimum Gasteiger partial charge on any atom is -0.426 e. The van der Waals surface area contributed by atoms with Crippen LogP contribution in [0.15, 0.2) is 78.9 Å². The number of piperidine rings is 1. The van der Waals surface area contributed by atoms with Gasteiger partial charge in [-0.1, -0.05) is 87.5 Å². The SMILES string of the molecule is CCc1ccc(C(=O)CCCN2CCC(OC(c3ccccc3)c3ccccc3)CC2)c(OC(=O)C(C)C)c1. The largest absolute Gasteiger partial charge is 0.426 e. The first kappa shape index (κ1) is 28.7. The number of hydrogen-bond acceptors (Lipinski definition) is 5. The van der Waals surface area contributed by atoms with Crippen LogP contribution in [0.2, 0.25) is 0 Å². The summed E-state index contributed by atoms with van der Waals surface area (Å²) in [6, 6.07) is 26.4. The number of nitrogens with zero attached hydrogens (tertiary/aromatic N) is 1. The van der Waals surface area contributed by atoms with E-state index in [4.69, 9.17) is 9.47 Å². The fraction of sp³-hybridized carbons (Fsp3) is 0.412. The third-order valence-electron chi connectivity index (χ3n) is 7.38. The Morgan fingerprint density at radius 2 is 1.51 bits per heavy atom. The molecule has 0 aliphatic carbocycles. The smallest absolute Gasteiger partial charge is 0.313 e. The van der Waals surface area contributed by atoms with Crippen LogP contribution >= 0.6 is 0 Å². The number of esters is 1. The van der Waals surface area contributed by atoms with Crippen molar-refractivity contribution in [2.45, 2.75) is 65.1 Å². The highest BCUT2D eigenvalue weighted by atomic mass is 16.5. The van der Waals surface area contributed by atoms with Gasteiger partial charge in [0.05, 0.1) is 17.6 Å². The molecule has 0 radical (unpaired) electrons. The van der Waals surface area contributed by atoms with E-state index >= 15 is 0 Å². The van der Waals surface area contributed by atoms with Crippen LogP contribution in [0.4, 0.5) is 0 Å². The van der Waals surface area contributed by atoms with E-state index in [2.05, 4.69) is 53.4 Å². The Labute approximate surface area is 233 Å². The number of likely N-dealkylation sites (tertiary alicyclic amines) is 1. The van der Waals surface area contributed by atoms with E-state index in [1.165, 1.54) is 11.1 Å². The molecule has 0 spiro atoms. The number of benzene rings is 3. The summed E-state index contributed by atoms with van der Waals surface area (Å²) in [4.78, 5) is 27.7. The van der Waals surface area contributed by atoms with Crippen molar-refractivity contribution in [1.82, 2.24) is 4.90 Å². The number of carbonyl (C=O) groups excluding carboxylic acids is 2. The van der Waals surface area contributed by atoms with Gasteiger partial charge in [-0.15, -0.1) is 0 Å². The average Bonchev–Trinajstić information content (AvgIpc) is 2.97. The lowest BCUT2D eigenvalue weighted by molar-refractivity contribution is -0.137. The molecule has 5 nitrogen and oxygen atoms in total. The molecule has 0 N–H and O–H groups in total. The van der Waals surface area contributed by atoms with Gasteiger partial charge in [0, 0.05) is 19.5 Å². The molecule has 206 valence electrons. The molecule has 0 unspecified atom stereocenters. The van der Waals surface area contributed by atoms with Crippen LogP contribution < -0.4 is 4.74 Å². The topological polar surface area (TPSA) is 55.8 Å². The summed E-state index contributed by atoms with van der Waals surface area (Å²) in [6.07, 6.45) is 4.09. The second kappa shape index (κ2) is 14.2. The molecule has 4 rings (SSSR count). The van der Waals surface area contributed by atoms with Gasteiger partial charge in [-0.2, -0.15) is 0 Å². The highest BCUT2D eigenvalue weighted by Crippen LogP contribution is 2.30. The zero-order chi connectivity index (χ0) is 27.6. The number of ether oxygens (including phenoxy) is 2. The first-order chi connectivity index (χ1) is 18.9. The van der Waals surface area contributed by atoms with E-state index in [1.807, 2.05) is 37.3 Å². The molecule has 1 heterocycles. The van der Waals surface area contributed by atoms with Crippen LogP contribution in [-0.2, 0) is 16.0 Å². The minimum absolute atomic E-state index is 0.0241. The van der Waals surface area contributed by atoms with E-state index in [1.54, 1.807) is 13.8 Å². The van der Waals surface area contributed by atoms with Crippen LogP contribution in [0.3, 0.4) is 0 Å². The van der Waals surface area contributed by atoms with Gasteiger partial charge in [0.15, 0.2) is 5.78 Å². The molecule has 3 aromatic carbocycles. The van der Waals surface area contributed by atoms with Crippen molar-refractivity contribution in [3.63, 3.8) is 0 Å². The number of hydrogen-bond donors (Lipinski definition) is 0. The van der Waals surface area contributed by atoms with Crippen LogP contribution in [0.25, 0.3) is 0 Å². The number of aryl methyl sites for hydroxylation is 1. The minimum atomic E-state index is -0.316. The van der Waals surface area contributed by atoms with E-state index in [9.17, 15) is 9.59 Å². The van der Waals surface area contributed by atoms with Crippen molar-refractivity contribution in [2.75, 3.05) is 19.6 Å². The molecule has 3 aromatic rings. The predicted octanol–water partition coefficient (Wildman–Crippen LogP) is 7.04. The van der Waals surface area contributed by atoms with Crippen molar-refractivity contribution >= 4 is 11.8 Å². The molecule has 0 bridgehead atoms. The summed E-state index contributed by atoms with van der Waals surface area (Å²) in [5.41, 5.74) is 3.90. The van der Waals surface area contributed by atoms with Crippen molar-refractivity contribution in [2.24, 2.45) is 5.92 Å². The van der Waals surface area contributed by atoms with Gasteiger partial charge in [0.1, 0.15) is 11.9 Å². The third kappa shape index (κ3) is 8.11. The van der Waals surface area contributed by atoms with Crippen LogP contribution in [-0.4, -0.2) is 42.4 Å². The molecular formula is C34H41NO4. The van der Waals surface area contributed by atoms with Crippen molar-refractivity contribution < 1.29 is 19.1 Å². The lowest BCUT2D eigenvalue weighted by atomic mass is 9.99. The Bertz CT molecular complexity index is 1160. The molecule has 1 aliphatic heterocycles. The summed E-state index contributed by atoms with van der Waals surface area (Å²) >= 11 is 0. The van der Waals surface area contributed by atoms with Gasteiger partial charge >= 0.3 is 5.97 Å². The molecular weight excluding hydrogens is 486 g/mol. The Kier molecular flexibility index (Phi) is 10.5. The summed E-state index contributed by atoms with van der Waals surface area (Å²) in [5.74, 6) is -0.150. The summed E-state index contributed by atoms with van der Waals surface area (Å²) < 4.78 is 12.3. The second-order valence-electron chi connectivity index (χ2n) is 10.7. The number of rotatable bonds is 12. The number of Topliss-reactive ketones (excluding diaryl/α,β-unsaturated/α-hetero) is 1. The quantitative estimate of drug-likeness (QED) is 0.144. The van der Waals surface area contributed by atoms with Crippen molar-refractivity contribution in [3.8, 4) is 5.75 Å².